The van der Waals surface area contributed by atoms with Gasteiger partial charge in [-0.05, 0) is 64.4 Å². The van der Waals surface area contributed by atoms with Gasteiger partial charge in [-0.15, -0.1) is 21.5 Å². The zero-order valence-electron chi connectivity index (χ0n) is 26.3. The minimum Gasteiger partial charge on any atom is -0.495 e. The molecule has 2 N–H and O–H groups in total. The van der Waals surface area contributed by atoms with Crippen LogP contribution >= 0.6 is 23.1 Å². The van der Waals surface area contributed by atoms with Gasteiger partial charge in [-0.25, -0.2) is 9.59 Å². The maximum absolute atomic E-state index is 13.5. The summed E-state index contributed by atoms with van der Waals surface area (Å²) in [6.07, 6.45) is 0. The van der Waals surface area contributed by atoms with E-state index < -0.39 is 23.1 Å². The van der Waals surface area contributed by atoms with E-state index in [-0.39, 0.29) is 41.1 Å². The van der Waals surface area contributed by atoms with Gasteiger partial charge in [0.2, 0.25) is 5.91 Å². The molecule has 0 saturated heterocycles. The monoisotopic (exact) mass is 665 g/mol. The van der Waals surface area contributed by atoms with Gasteiger partial charge in [0.15, 0.2) is 11.0 Å². The predicted molar refractivity (Wildman–Crippen MR) is 175 cm³/mol. The number of carbonyl (C=O) groups excluding carboxylic acids is 4. The smallest absolute Gasteiger partial charge is 0.348 e. The van der Waals surface area contributed by atoms with Gasteiger partial charge in [0, 0.05) is 5.56 Å². The highest BCUT2D eigenvalue weighted by Gasteiger charge is 2.29. The SMILES string of the molecule is CCOC(=O)c1sc(NC(=O)[C@@H](C)Sc2nnc(CNC(=O)c3cccc(C)c3)n2-c2ccccc2OC)c(C(=O)OCC)c1C. The molecule has 2 heterocycles. The van der Waals surface area contributed by atoms with Crippen molar-refractivity contribution in [3.05, 3.63) is 81.5 Å². The number of amides is 2. The highest BCUT2D eigenvalue weighted by molar-refractivity contribution is 8.00. The van der Waals surface area contributed by atoms with Crippen LogP contribution in [0.4, 0.5) is 5.00 Å². The maximum atomic E-state index is 13.5. The lowest BCUT2D eigenvalue weighted by Crippen LogP contribution is -2.25. The number of aryl methyl sites for hydroxylation is 1. The number of benzene rings is 2. The van der Waals surface area contributed by atoms with Crippen LogP contribution in [0.25, 0.3) is 5.69 Å². The van der Waals surface area contributed by atoms with Gasteiger partial charge in [0.1, 0.15) is 15.6 Å². The lowest BCUT2D eigenvalue weighted by molar-refractivity contribution is -0.115. The Kier molecular flexibility index (Phi) is 11.6. The average Bonchev–Trinajstić information content (AvgIpc) is 3.59. The average molecular weight is 666 g/mol. The molecule has 0 saturated carbocycles. The quantitative estimate of drug-likeness (QED) is 0.141. The van der Waals surface area contributed by atoms with E-state index in [1.807, 2.05) is 37.3 Å². The van der Waals surface area contributed by atoms with E-state index in [4.69, 9.17) is 14.2 Å². The Balaban J connectivity index is 1.62. The van der Waals surface area contributed by atoms with Crippen LogP contribution in [-0.4, -0.2) is 64.1 Å². The summed E-state index contributed by atoms with van der Waals surface area (Å²) in [7, 11) is 1.54. The molecule has 1 atom stereocenters. The first-order valence-electron chi connectivity index (χ1n) is 14.5. The molecule has 2 amide bonds. The Morgan fingerprint density at radius 3 is 2.39 bits per heavy atom. The van der Waals surface area contributed by atoms with Crippen LogP contribution < -0.4 is 15.4 Å². The molecule has 0 aliphatic carbocycles. The van der Waals surface area contributed by atoms with Gasteiger partial charge in [-0.3, -0.25) is 14.2 Å². The number of hydrogen-bond acceptors (Lipinski definition) is 11. The number of ether oxygens (including phenoxy) is 3. The van der Waals surface area contributed by atoms with Crippen molar-refractivity contribution in [1.29, 1.82) is 0 Å². The Hall–Kier alpha value is -4.69. The van der Waals surface area contributed by atoms with Crippen molar-refractivity contribution < 1.29 is 33.4 Å². The van der Waals surface area contributed by atoms with Crippen LogP contribution in [0.5, 0.6) is 5.75 Å². The van der Waals surface area contributed by atoms with Gasteiger partial charge >= 0.3 is 11.9 Å². The van der Waals surface area contributed by atoms with Crippen molar-refractivity contribution >= 4 is 51.9 Å². The highest BCUT2D eigenvalue weighted by atomic mass is 32.2. The molecule has 0 aliphatic rings. The number of esters is 2. The molecular weight excluding hydrogens is 631 g/mol. The number of methoxy groups -OCH3 is 1. The zero-order chi connectivity index (χ0) is 33.4. The van der Waals surface area contributed by atoms with Crippen LogP contribution in [0.15, 0.2) is 53.7 Å². The lowest BCUT2D eigenvalue weighted by atomic mass is 10.1. The van der Waals surface area contributed by atoms with Crippen LogP contribution in [-0.2, 0) is 20.8 Å². The van der Waals surface area contributed by atoms with E-state index in [0.29, 0.717) is 33.5 Å². The van der Waals surface area contributed by atoms with Crippen molar-refractivity contribution in [3.63, 3.8) is 0 Å². The minimum absolute atomic E-state index is 0.0486. The fourth-order valence-electron chi connectivity index (χ4n) is 4.46. The van der Waals surface area contributed by atoms with E-state index >= 15 is 0 Å². The number of thioether (sulfide) groups is 1. The number of carbonyl (C=O) groups is 4. The van der Waals surface area contributed by atoms with Gasteiger partial charge in [0.05, 0.1) is 43.4 Å². The standard InChI is InChI=1S/C32H35N5O7S2/c1-7-43-30(40)25-19(4)26(31(41)44-8-2)46-29(25)34-27(38)20(5)45-32-36-35-24(37(32)22-14-9-10-15-23(22)42-6)17-33-28(39)21-13-11-12-18(3)16-21/h9-16,20H,7-8,17H2,1-6H3,(H,33,39)(H,34,38)/t20-/m1/s1. The molecule has 242 valence electrons. The number of hydrogen-bond donors (Lipinski definition) is 2. The number of rotatable bonds is 13. The predicted octanol–water partition coefficient (Wildman–Crippen LogP) is 5.36. The van der Waals surface area contributed by atoms with Crippen molar-refractivity contribution in [2.24, 2.45) is 0 Å². The Labute approximate surface area is 274 Å². The molecule has 0 spiro atoms. The van der Waals surface area contributed by atoms with Gasteiger partial charge in [-0.2, -0.15) is 0 Å². The van der Waals surface area contributed by atoms with Crippen LogP contribution in [0.2, 0.25) is 0 Å². The Morgan fingerprint density at radius 1 is 0.978 bits per heavy atom. The van der Waals surface area contributed by atoms with Gasteiger partial charge in [-0.1, -0.05) is 41.6 Å². The molecule has 0 radical (unpaired) electrons. The number of nitrogens with one attached hydrogen (secondary N) is 2. The summed E-state index contributed by atoms with van der Waals surface area (Å²) in [5.74, 6) is -1.02. The van der Waals surface area contributed by atoms with E-state index in [1.165, 1.54) is 0 Å². The minimum atomic E-state index is -0.740. The first-order valence-corrected chi connectivity index (χ1v) is 16.2. The maximum Gasteiger partial charge on any atom is 0.348 e. The fourth-order valence-corrected chi connectivity index (χ4v) is 6.43. The third kappa shape index (κ3) is 7.74. The third-order valence-electron chi connectivity index (χ3n) is 6.69. The number of nitrogens with zero attached hydrogens (tertiary/aromatic N) is 3. The summed E-state index contributed by atoms with van der Waals surface area (Å²) in [6, 6.07) is 14.5. The third-order valence-corrected chi connectivity index (χ3v) is 8.92. The molecule has 4 rings (SSSR count). The normalized spacial score (nSPS) is 11.4. The summed E-state index contributed by atoms with van der Waals surface area (Å²) in [6.45, 7) is 8.87. The Bertz CT molecular complexity index is 1750. The molecule has 14 heteroatoms. The molecule has 0 fully saturated rings. The number of thiophene rings is 1. The molecule has 4 aromatic rings. The summed E-state index contributed by atoms with van der Waals surface area (Å²) < 4.78 is 17.7. The van der Waals surface area contributed by atoms with Crippen molar-refractivity contribution in [1.82, 2.24) is 20.1 Å². The number of para-hydroxylation sites is 2. The van der Waals surface area contributed by atoms with Crippen LogP contribution in [0.3, 0.4) is 0 Å². The molecule has 0 bridgehead atoms. The lowest BCUT2D eigenvalue weighted by Gasteiger charge is -2.16. The summed E-state index contributed by atoms with van der Waals surface area (Å²) in [5.41, 5.74) is 2.55. The molecule has 0 unspecified atom stereocenters. The molecule has 46 heavy (non-hydrogen) atoms. The molecule has 2 aromatic heterocycles. The van der Waals surface area contributed by atoms with E-state index in [2.05, 4.69) is 20.8 Å². The second kappa shape index (κ2) is 15.5. The summed E-state index contributed by atoms with van der Waals surface area (Å²) in [5, 5.41) is 14.2. The van der Waals surface area contributed by atoms with Crippen molar-refractivity contribution in [2.75, 3.05) is 25.6 Å². The topological polar surface area (TPSA) is 151 Å². The van der Waals surface area contributed by atoms with Gasteiger partial charge < -0.3 is 24.8 Å². The van der Waals surface area contributed by atoms with Crippen molar-refractivity contribution in [2.45, 2.75) is 51.6 Å². The first-order chi connectivity index (χ1) is 22.1. The van der Waals surface area contributed by atoms with E-state index in [1.54, 1.807) is 57.6 Å². The van der Waals surface area contributed by atoms with Gasteiger partial charge in [0.25, 0.3) is 5.91 Å². The van der Waals surface area contributed by atoms with Crippen molar-refractivity contribution in [3.8, 4) is 11.4 Å². The largest absolute Gasteiger partial charge is 0.495 e. The first kappa shape index (κ1) is 34.2. The number of aromatic nitrogens is 3. The summed E-state index contributed by atoms with van der Waals surface area (Å²) >= 11 is 2.07. The number of anilines is 1. The fraction of sp³-hybridized carbons (Fsp3) is 0.312. The molecule has 12 nitrogen and oxygen atoms in total. The highest BCUT2D eigenvalue weighted by Crippen LogP contribution is 2.36. The molecular formula is C32H35N5O7S2. The molecule has 2 aromatic carbocycles. The van der Waals surface area contributed by atoms with E-state index in [0.717, 1.165) is 28.7 Å². The second-order valence-electron chi connectivity index (χ2n) is 9.91. The second-order valence-corrected chi connectivity index (χ2v) is 12.2. The summed E-state index contributed by atoms with van der Waals surface area (Å²) in [4.78, 5) is 52.0. The Morgan fingerprint density at radius 2 is 1.70 bits per heavy atom. The van der Waals surface area contributed by atoms with Crippen LogP contribution in [0.1, 0.15) is 68.1 Å². The van der Waals surface area contributed by atoms with E-state index in [9.17, 15) is 19.2 Å². The molecule has 0 aliphatic heterocycles. The van der Waals surface area contributed by atoms with Crippen LogP contribution in [0, 0.1) is 13.8 Å². The zero-order valence-corrected chi connectivity index (χ0v) is 28.0.